The van der Waals surface area contributed by atoms with Gasteiger partial charge in [-0.2, -0.15) is 10.3 Å². The molecule has 2 rings (SSSR count). The number of ether oxygens (including phenoxy) is 2. The molecule has 6 heteroatoms. The molecule has 1 aromatic heterocycles. The van der Waals surface area contributed by atoms with E-state index in [0.29, 0.717) is 18.9 Å². The van der Waals surface area contributed by atoms with Crippen molar-refractivity contribution in [1.29, 1.82) is 0 Å². The Morgan fingerprint density at radius 2 is 2.05 bits per heavy atom. The fraction of sp³-hybridized carbons (Fsp3) is 0.438. The van der Waals surface area contributed by atoms with Crippen molar-refractivity contribution in [2.75, 3.05) is 6.61 Å². The molecule has 1 heterocycles. The lowest BCUT2D eigenvalue weighted by atomic mass is 10.0. The smallest absolute Gasteiger partial charge is 0.361 e. The van der Waals surface area contributed by atoms with Crippen LogP contribution >= 0.6 is 0 Å². The first-order chi connectivity index (χ1) is 10.7. The van der Waals surface area contributed by atoms with E-state index < -0.39 is 5.97 Å². The summed E-state index contributed by atoms with van der Waals surface area (Å²) in [6.07, 6.45) is 1.12. The molecule has 0 aliphatic carbocycles. The highest BCUT2D eigenvalue weighted by Crippen LogP contribution is 2.25. The minimum atomic E-state index is -0.483. The van der Waals surface area contributed by atoms with Crippen molar-refractivity contribution in [2.24, 2.45) is 0 Å². The zero-order chi connectivity index (χ0) is 15.9. The molecule has 118 valence electrons. The summed E-state index contributed by atoms with van der Waals surface area (Å²) >= 11 is 0. The number of benzene rings is 1. The molecular formula is C16H21N3O3. The molecular weight excluding hydrogens is 282 g/mol. The SMILES string of the molecule is CCOC(=O)c1n[nH]nc1-c1ccccc1COC(C)CC. The Hall–Kier alpha value is -2.21. The van der Waals surface area contributed by atoms with Crippen LogP contribution in [0.25, 0.3) is 11.3 Å². The molecule has 1 atom stereocenters. The van der Waals surface area contributed by atoms with Crippen LogP contribution in [-0.2, 0) is 16.1 Å². The van der Waals surface area contributed by atoms with Gasteiger partial charge in [-0.05, 0) is 25.8 Å². The van der Waals surface area contributed by atoms with Gasteiger partial charge in [-0.1, -0.05) is 31.2 Å². The molecule has 0 aliphatic heterocycles. The number of carbonyl (C=O) groups is 1. The van der Waals surface area contributed by atoms with Crippen LogP contribution in [0.1, 0.15) is 43.2 Å². The number of nitrogens with zero attached hydrogens (tertiary/aromatic N) is 2. The van der Waals surface area contributed by atoms with Crippen LogP contribution in [0.5, 0.6) is 0 Å². The first-order valence-corrected chi connectivity index (χ1v) is 7.45. The summed E-state index contributed by atoms with van der Waals surface area (Å²) in [5.74, 6) is -0.483. The molecule has 1 unspecified atom stereocenters. The lowest BCUT2D eigenvalue weighted by molar-refractivity contribution is 0.0506. The van der Waals surface area contributed by atoms with Crippen LogP contribution in [-0.4, -0.2) is 34.1 Å². The van der Waals surface area contributed by atoms with Gasteiger partial charge >= 0.3 is 5.97 Å². The minimum absolute atomic E-state index is 0.176. The summed E-state index contributed by atoms with van der Waals surface area (Å²) < 4.78 is 10.8. The molecule has 1 N–H and O–H groups in total. The molecule has 2 aromatic rings. The molecule has 0 spiro atoms. The Balaban J connectivity index is 2.30. The van der Waals surface area contributed by atoms with E-state index in [9.17, 15) is 4.79 Å². The van der Waals surface area contributed by atoms with E-state index in [1.165, 1.54) is 0 Å². The molecule has 6 nitrogen and oxygen atoms in total. The topological polar surface area (TPSA) is 77.1 Å². The van der Waals surface area contributed by atoms with Crippen LogP contribution < -0.4 is 0 Å². The van der Waals surface area contributed by atoms with Crippen LogP contribution in [0.3, 0.4) is 0 Å². The van der Waals surface area contributed by atoms with E-state index in [2.05, 4.69) is 22.3 Å². The Kier molecular flexibility index (Phi) is 5.66. The van der Waals surface area contributed by atoms with Gasteiger partial charge in [0.05, 0.1) is 19.3 Å². The third kappa shape index (κ3) is 3.71. The molecule has 0 radical (unpaired) electrons. The van der Waals surface area contributed by atoms with Crippen LogP contribution in [0, 0.1) is 0 Å². The lowest BCUT2D eigenvalue weighted by Crippen LogP contribution is -2.09. The molecule has 0 fully saturated rings. The first kappa shape index (κ1) is 16.2. The van der Waals surface area contributed by atoms with Gasteiger partial charge in [0.2, 0.25) is 0 Å². The predicted molar refractivity (Wildman–Crippen MR) is 82.3 cm³/mol. The van der Waals surface area contributed by atoms with Crippen molar-refractivity contribution in [3.8, 4) is 11.3 Å². The summed E-state index contributed by atoms with van der Waals surface area (Å²) in [5.41, 5.74) is 2.46. The number of H-pyrrole nitrogens is 1. The van der Waals surface area contributed by atoms with E-state index in [4.69, 9.17) is 9.47 Å². The summed E-state index contributed by atoms with van der Waals surface area (Å²) in [6.45, 7) is 6.62. The second kappa shape index (κ2) is 7.70. The van der Waals surface area contributed by atoms with Crippen molar-refractivity contribution in [2.45, 2.75) is 39.9 Å². The van der Waals surface area contributed by atoms with Crippen molar-refractivity contribution in [3.63, 3.8) is 0 Å². The number of hydrogen-bond donors (Lipinski definition) is 1. The van der Waals surface area contributed by atoms with Crippen LogP contribution in [0.15, 0.2) is 24.3 Å². The fourth-order valence-corrected chi connectivity index (χ4v) is 1.99. The van der Waals surface area contributed by atoms with E-state index in [-0.39, 0.29) is 11.8 Å². The van der Waals surface area contributed by atoms with Gasteiger partial charge in [-0.15, -0.1) is 5.10 Å². The Morgan fingerprint density at radius 1 is 1.27 bits per heavy atom. The standard InChI is InChI=1S/C16H21N3O3/c1-4-11(3)22-10-12-8-6-7-9-13(12)14-15(18-19-17-14)16(20)21-5-2/h6-9,11H,4-5,10H2,1-3H3,(H,17,18,19). The molecule has 0 aliphatic rings. The Bertz CT molecular complexity index is 625. The molecule has 0 amide bonds. The van der Waals surface area contributed by atoms with E-state index in [1.54, 1.807) is 6.92 Å². The number of carbonyl (C=O) groups excluding carboxylic acids is 1. The van der Waals surface area contributed by atoms with Gasteiger partial charge in [0.15, 0.2) is 5.69 Å². The van der Waals surface area contributed by atoms with E-state index in [1.807, 2.05) is 31.2 Å². The van der Waals surface area contributed by atoms with Crippen LogP contribution in [0.4, 0.5) is 0 Å². The maximum atomic E-state index is 11.9. The predicted octanol–water partition coefficient (Wildman–Crippen LogP) is 2.96. The van der Waals surface area contributed by atoms with Crippen molar-refractivity contribution in [1.82, 2.24) is 15.4 Å². The van der Waals surface area contributed by atoms with Gasteiger partial charge in [0.25, 0.3) is 0 Å². The quantitative estimate of drug-likeness (QED) is 0.796. The molecule has 22 heavy (non-hydrogen) atoms. The average Bonchev–Trinajstić information content (AvgIpc) is 3.02. The molecule has 0 saturated heterocycles. The number of rotatable bonds is 7. The summed E-state index contributed by atoms with van der Waals surface area (Å²) in [7, 11) is 0. The maximum absolute atomic E-state index is 11.9. The number of hydrogen-bond acceptors (Lipinski definition) is 5. The van der Waals surface area contributed by atoms with E-state index >= 15 is 0 Å². The minimum Gasteiger partial charge on any atom is -0.461 e. The number of esters is 1. The third-order valence-corrected chi connectivity index (χ3v) is 3.39. The second-order valence-electron chi connectivity index (χ2n) is 4.93. The Labute approximate surface area is 129 Å². The largest absolute Gasteiger partial charge is 0.461 e. The van der Waals surface area contributed by atoms with Crippen LogP contribution in [0.2, 0.25) is 0 Å². The van der Waals surface area contributed by atoms with Gasteiger partial charge in [0, 0.05) is 5.56 Å². The molecule has 0 saturated carbocycles. The van der Waals surface area contributed by atoms with Crippen molar-refractivity contribution in [3.05, 3.63) is 35.5 Å². The highest BCUT2D eigenvalue weighted by atomic mass is 16.5. The number of nitrogens with one attached hydrogen (secondary N) is 1. The number of aromatic nitrogens is 3. The van der Waals surface area contributed by atoms with E-state index in [0.717, 1.165) is 17.5 Å². The van der Waals surface area contributed by atoms with Gasteiger partial charge in [0.1, 0.15) is 5.69 Å². The summed E-state index contributed by atoms with van der Waals surface area (Å²) in [6, 6.07) is 7.69. The van der Waals surface area contributed by atoms with Crippen molar-refractivity contribution >= 4 is 5.97 Å². The zero-order valence-corrected chi connectivity index (χ0v) is 13.1. The highest BCUT2D eigenvalue weighted by Gasteiger charge is 2.21. The lowest BCUT2D eigenvalue weighted by Gasteiger charge is -2.13. The normalized spacial score (nSPS) is 12.1. The summed E-state index contributed by atoms with van der Waals surface area (Å²) in [5, 5.41) is 10.5. The first-order valence-electron chi connectivity index (χ1n) is 7.45. The van der Waals surface area contributed by atoms with Gasteiger partial charge in [-0.25, -0.2) is 4.79 Å². The fourth-order valence-electron chi connectivity index (χ4n) is 1.99. The second-order valence-corrected chi connectivity index (χ2v) is 4.93. The zero-order valence-electron chi connectivity index (χ0n) is 13.1. The third-order valence-electron chi connectivity index (χ3n) is 3.39. The van der Waals surface area contributed by atoms with Crippen molar-refractivity contribution < 1.29 is 14.3 Å². The monoisotopic (exact) mass is 303 g/mol. The average molecular weight is 303 g/mol. The Morgan fingerprint density at radius 3 is 2.77 bits per heavy atom. The van der Waals surface area contributed by atoms with Gasteiger partial charge < -0.3 is 9.47 Å². The number of aromatic amines is 1. The highest BCUT2D eigenvalue weighted by molar-refractivity contribution is 5.94. The molecule has 1 aromatic carbocycles. The maximum Gasteiger partial charge on any atom is 0.361 e. The van der Waals surface area contributed by atoms with Gasteiger partial charge in [-0.3, -0.25) is 0 Å². The summed E-state index contributed by atoms with van der Waals surface area (Å²) in [4.78, 5) is 11.9. The molecule has 0 bridgehead atoms.